The van der Waals surface area contributed by atoms with Gasteiger partial charge in [0.25, 0.3) is 0 Å². The summed E-state index contributed by atoms with van der Waals surface area (Å²) < 4.78 is 27.7. The Kier molecular flexibility index (Phi) is 34.3. The van der Waals surface area contributed by atoms with Crippen LogP contribution in [-0.4, -0.2) is 211 Å². The standard InChI is InChI=1S/C8H12N2O8S2Se2.C6H10Ge2O7.C6H12N2O4Se2/c9-3(5(11)12)1-19-20-2-4(6(13)14)10(21-7(15)16)22-8(17)18;9-5(10)1-3-7(13)15-8(14)4-2-6(11)12;7-3(5(9)10)1-13-14-2-4(8)6(11)12/h3-4H,1-2,9H2,(H,11,12)(H,13,14)(H,15,16)(H,17,18);1-4H2,(H,9,10)(H,11,12);3-4H,1-2,7-8H2,(H,9,10)(H,11,12). The van der Waals surface area contributed by atoms with Gasteiger partial charge in [-0.1, -0.05) is 0 Å². The maximum absolute atomic E-state index is 11.2. The van der Waals surface area contributed by atoms with E-state index in [9.17, 15) is 45.9 Å². The summed E-state index contributed by atoms with van der Waals surface area (Å²) in [4.78, 5) is 81.4. The van der Waals surface area contributed by atoms with Gasteiger partial charge < -0.3 is 0 Å². The molecular weight excluding hydrogens is 1130 g/mol. The molecule has 0 amide bonds. The average molecular weight is 1160 g/mol. The molecule has 23 nitrogen and oxygen atoms in total. The number of carboxylic acid groups (broad SMARTS) is 8. The van der Waals surface area contributed by atoms with Crippen LogP contribution in [0, 0.1) is 0 Å². The van der Waals surface area contributed by atoms with Crippen LogP contribution in [0.1, 0.15) is 12.8 Å². The molecule has 0 radical (unpaired) electrons. The number of hydrogen-bond donors (Lipinski definition) is 11. The van der Waals surface area contributed by atoms with Crippen molar-refractivity contribution in [3.05, 3.63) is 0 Å². The van der Waals surface area contributed by atoms with Crippen LogP contribution >= 0.6 is 21.6 Å². The summed E-state index contributed by atoms with van der Waals surface area (Å²) in [6.07, 6.45) is -0.549. The molecule has 0 aliphatic heterocycles. The fourth-order valence-corrected chi connectivity index (χ4v) is 23.0. The summed E-state index contributed by atoms with van der Waals surface area (Å²) in [6.45, 7) is 0. The molecule has 0 spiro atoms. The van der Waals surface area contributed by atoms with Gasteiger partial charge in [-0.3, -0.25) is 0 Å². The fraction of sp³-hybridized carbons (Fsp3) is 0.600. The third kappa shape index (κ3) is 35.7. The first-order valence-electron chi connectivity index (χ1n) is 13.0. The van der Waals surface area contributed by atoms with Crippen LogP contribution in [0.4, 0.5) is 9.59 Å². The number of carboxylic acids is 6. The third-order valence-electron chi connectivity index (χ3n) is 4.28. The van der Waals surface area contributed by atoms with E-state index in [1.165, 1.54) is 0 Å². The molecule has 292 valence electrons. The SMILES string of the molecule is NC(CSSCC(C(=O)O)N([Se]C(=O)O)[Se]C(=O)O)C(=O)O.NC(C[Se][Se]CC(N)C(=O)O)C(=O)O.O=C(O)C[CH2][Ge](=[O])[O][Ge](=[O])[CH2]CC(=O)O. The topological polar surface area (TPSA) is 423 Å². The fourth-order valence-electron chi connectivity index (χ4n) is 1.86. The second kappa shape index (κ2) is 32.3. The molecule has 0 rings (SSSR count). The quantitative estimate of drug-likeness (QED) is 0.0220. The van der Waals surface area contributed by atoms with Crippen LogP contribution in [0.25, 0.3) is 0 Å². The zero-order valence-electron chi connectivity index (χ0n) is 25.7. The molecule has 0 saturated carbocycles. The predicted octanol–water partition coefficient (Wildman–Crippen LogP) is -3.11. The number of rotatable bonds is 27. The molecule has 51 heavy (non-hydrogen) atoms. The number of nitrogens with zero attached hydrogens (tertiary/aromatic N) is 1. The number of aliphatic carboxylic acids is 6. The Hall–Kier alpha value is -1.14. The van der Waals surface area contributed by atoms with Gasteiger partial charge in [-0.2, -0.15) is 0 Å². The molecule has 0 saturated heterocycles. The van der Waals surface area contributed by atoms with Crippen molar-refractivity contribution < 1.29 is 89.6 Å². The van der Waals surface area contributed by atoms with E-state index in [1.807, 2.05) is 0 Å². The molecule has 0 aromatic carbocycles. The van der Waals surface area contributed by atoms with Crippen molar-refractivity contribution in [2.75, 3.05) is 11.5 Å². The third-order valence-corrected chi connectivity index (χ3v) is 26.7. The Balaban J connectivity index is -0.000000703. The van der Waals surface area contributed by atoms with E-state index in [-0.39, 0.29) is 61.1 Å². The first-order valence-corrected chi connectivity index (χ1v) is 31.8. The molecule has 0 aromatic rings. The summed E-state index contributed by atoms with van der Waals surface area (Å²) in [5.74, 6) is -6.75. The van der Waals surface area contributed by atoms with Crippen LogP contribution in [0.5, 0.6) is 0 Å². The maximum atomic E-state index is 11.2. The second-order valence-electron chi connectivity index (χ2n) is 8.46. The van der Waals surface area contributed by atoms with E-state index in [4.69, 9.17) is 58.1 Å². The van der Waals surface area contributed by atoms with Crippen LogP contribution in [0.15, 0.2) is 0 Å². The Labute approximate surface area is 329 Å². The van der Waals surface area contributed by atoms with Gasteiger partial charge in [0, 0.05) is 0 Å². The minimum atomic E-state index is -3.20. The van der Waals surface area contributed by atoms with Crippen molar-refractivity contribution in [3.8, 4) is 0 Å². The van der Waals surface area contributed by atoms with Gasteiger partial charge in [0.2, 0.25) is 0 Å². The molecule has 0 heterocycles. The van der Waals surface area contributed by atoms with E-state index in [0.29, 0.717) is 10.6 Å². The molecule has 0 fully saturated rings. The molecule has 31 heteroatoms. The van der Waals surface area contributed by atoms with Crippen LogP contribution in [0.3, 0.4) is 0 Å². The number of nitrogens with two attached hydrogens (primary N) is 3. The van der Waals surface area contributed by atoms with Gasteiger partial charge in [-0.05, 0) is 0 Å². The van der Waals surface area contributed by atoms with E-state index in [0.717, 1.165) is 24.5 Å². The van der Waals surface area contributed by atoms with E-state index >= 15 is 0 Å². The molecule has 4 atom stereocenters. The normalized spacial score (nSPS) is 12.6. The monoisotopic (exact) mass is 1170 g/mol. The van der Waals surface area contributed by atoms with Crippen molar-refractivity contribution in [3.63, 3.8) is 0 Å². The molecular formula is C20H34Ge2N4O19S2Se4. The van der Waals surface area contributed by atoms with Crippen LogP contribution in [0.2, 0.25) is 21.1 Å². The van der Waals surface area contributed by atoms with Gasteiger partial charge in [0.1, 0.15) is 0 Å². The number of hydrogen-bond acceptors (Lipinski definition) is 17. The van der Waals surface area contributed by atoms with E-state index in [1.54, 1.807) is 0 Å². The second-order valence-corrected chi connectivity index (χ2v) is 31.5. The zero-order valence-corrected chi connectivity index (χ0v) is 38.3. The Morgan fingerprint density at radius 2 is 0.941 bits per heavy atom. The predicted molar refractivity (Wildman–Crippen MR) is 182 cm³/mol. The minimum absolute atomic E-state index is 0.0421. The van der Waals surface area contributed by atoms with Crippen LogP contribution in [-0.2, 0) is 39.1 Å². The molecule has 0 aliphatic rings. The van der Waals surface area contributed by atoms with E-state index < -0.39 is 129 Å². The first-order chi connectivity index (χ1) is 23.5. The molecule has 14 N–H and O–H groups in total. The summed E-state index contributed by atoms with van der Waals surface area (Å²) in [5.41, 5.74) is 15.8. The zero-order chi connectivity index (χ0) is 40.3. The Bertz CT molecular complexity index is 1160. The van der Waals surface area contributed by atoms with Crippen molar-refractivity contribution in [1.29, 1.82) is 0 Å². The van der Waals surface area contributed by atoms with Gasteiger partial charge in [-0.15, -0.1) is 0 Å². The molecule has 4 unspecified atom stereocenters. The van der Waals surface area contributed by atoms with Crippen molar-refractivity contribution in [1.82, 2.24) is 2.93 Å². The van der Waals surface area contributed by atoms with Gasteiger partial charge in [0.15, 0.2) is 0 Å². The summed E-state index contributed by atoms with van der Waals surface area (Å²) >= 11 is -8.82. The van der Waals surface area contributed by atoms with Gasteiger partial charge in [-0.25, -0.2) is 0 Å². The van der Waals surface area contributed by atoms with E-state index in [2.05, 4.69) is 2.79 Å². The molecule has 0 aliphatic carbocycles. The van der Waals surface area contributed by atoms with Gasteiger partial charge in [0.05, 0.1) is 0 Å². The average Bonchev–Trinajstić information content (AvgIpc) is 3.00. The Morgan fingerprint density at radius 1 is 0.588 bits per heavy atom. The van der Waals surface area contributed by atoms with Crippen molar-refractivity contribution >= 4 is 153 Å². The van der Waals surface area contributed by atoms with Crippen molar-refractivity contribution in [2.24, 2.45) is 17.2 Å². The van der Waals surface area contributed by atoms with Gasteiger partial charge >= 0.3 is 332 Å². The van der Waals surface area contributed by atoms with Crippen LogP contribution < -0.4 is 17.2 Å². The molecule has 0 bridgehead atoms. The Morgan fingerprint density at radius 3 is 1.24 bits per heavy atom. The summed E-state index contributed by atoms with van der Waals surface area (Å²) in [6, 6.07) is -4.01. The molecule has 0 aromatic heterocycles. The number of carbonyl (C=O) groups is 8. The van der Waals surface area contributed by atoms with Crippen molar-refractivity contribution in [2.45, 2.75) is 58.2 Å². The summed E-state index contributed by atoms with van der Waals surface area (Å²) in [7, 11) is 2.03. The first kappa shape index (κ1) is 54.2. The summed E-state index contributed by atoms with van der Waals surface area (Å²) in [5, 5.41) is 69.3.